The fraction of sp³-hybridized carbons (Fsp3) is 0.400. The van der Waals surface area contributed by atoms with Gasteiger partial charge in [-0.2, -0.15) is 0 Å². The molecule has 6 heteroatoms. The van der Waals surface area contributed by atoms with E-state index in [2.05, 4.69) is 27.3 Å². The summed E-state index contributed by atoms with van der Waals surface area (Å²) in [6.07, 6.45) is 5.15. The zero-order chi connectivity index (χ0) is 17.8. The minimum absolute atomic E-state index is 0.151. The number of hydrogen-bond acceptors (Lipinski definition) is 5. The molecule has 4 rings (SSSR count). The summed E-state index contributed by atoms with van der Waals surface area (Å²) >= 11 is 0. The maximum Gasteiger partial charge on any atom is 0.220 e. The number of carbonyl (C=O) groups excluding carboxylic acids is 1. The van der Waals surface area contributed by atoms with Crippen molar-refractivity contribution in [1.82, 2.24) is 15.2 Å². The predicted octanol–water partition coefficient (Wildman–Crippen LogP) is 2.13. The number of ether oxygens (including phenoxy) is 2. The molecule has 1 aromatic heterocycles. The van der Waals surface area contributed by atoms with Gasteiger partial charge in [-0.1, -0.05) is 6.07 Å². The molecular formula is C20H23N3O3. The van der Waals surface area contributed by atoms with Crippen LogP contribution in [0.4, 0.5) is 0 Å². The summed E-state index contributed by atoms with van der Waals surface area (Å²) in [5.41, 5.74) is 2.38. The molecule has 2 aliphatic rings. The summed E-state index contributed by atoms with van der Waals surface area (Å²) in [6, 6.07) is 10.4. The van der Waals surface area contributed by atoms with Gasteiger partial charge in [0.15, 0.2) is 11.5 Å². The second-order valence-electron chi connectivity index (χ2n) is 6.81. The first-order chi connectivity index (χ1) is 12.8. The van der Waals surface area contributed by atoms with Crippen molar-refractivity contribution in [2.45, 2.75) is 32.0 Å². The standard InChI is InChI=1S/C20H23N3O3/c24-20-4-2-17(22-20)14-23(12-15-5-7-21-8-6-15)13-16-1-3-18-19(11-16)26-10-9-25-18/h1,3,5-8,11,17H,2,4,9-10,12-14H2,(H,22,24)/t17-/m0/s1. The monoisotopic (exact) mass is 353 g/mol. The fourth-order valence-corrected chi connectivity index (χ4v) is 3.50. The van der Waals surface area contributed by atoms with Crippen LogP contribution in [0, 0.1) is 0 Å². The Morgan fingerprint density at radius 3 is 2.58 bits per heavy atom. The molecule has 2 aliphatic heterocycles. The molecule has 1 aromatic carbocycles. The van der Waals surface area contributed by atoms with Crippen molar-refractivity contribution in [2.75, 3.05) is 19.8 Å². The summed E-state index contributed by atoms with van der Waals surface area (Å²) in [6.45, 7) is 3.60. The van der Waals surface area contributed by atoms with Crippen molar-refractivity contribution >= 4 is 5.91 Å². The SMILES string of the molecule is O=C1CC[C@@H](CN(Cc2ccncc2)Cc2ccc3c(c2)OCCO3)N1. The number of nitrogens with one attached hydrogen (secondary N) is 1. The van der Waals surface area contributed by atoms with Crippen LogP contribution in [0.3, 0.4) is 0 Å². The molecule has 0 bridgehead atoms. The highest BCUT2D eigenvalue weighted by Crippen LogP contribution is 2.31. The minimum atomic E-state index is 0.151. The average molecular weight is 353 g/mol. The number of benzene rings is 1. The highest BCUT2D eigenvalue weighted by atomic mass is 16.6. The molecule has 1 N–H and O–H groups in total. The molecule has 1 atom stereocenters. The Morgan fingerprint density at radius 2 is 1.81 bits per heavy atom. The van der Waals surface area contributed by atoms with Crippen molar-refractivity contribution in [1.29, 1.82) is 0 Å². The number of carbonyl (C=O) groups is 1. The molecule has 6 nitrogen and oxygen atoms in total. The lowest BCUT2D eigenvalue weighted by molar-refractivity contribution is -0.119. The van der Waals surface area contributed by atoms with Crippen LogP contribution in [0.5, 0.6) is 11.5 Å². The summed E-state index contributed by atoms with van der Waals surface area (Å²) in [5, 5.41) is 3.07. The smallest absolute Gasteiger partial charge is 0.220 e. The van der Waals surface area contributed by atoms with E-state index in [0.29, 0.717) is 19.6 Å². The van der Waals surface area contributed by atoms with Gasteiger partial charge < -0.3 is 14.8 Å². The summed E-state index contributed by atoms with van der Waals surface area (Å²) in [5.74, 6) is 1.77. The second kappa shape index (κ2) is 7.74. The van der Waals surface area contributed by atoms with Gasteiger partial charge in [-0.15, -0.1) is 0 Å². The molecule has 3 heterocycles. The van der Waals surface area contributed by atoms with E-state index < -0.39 is 0 Å². The molecule has 0 spiro atoms. The van der Waals surface area contributed by atoms with Gasteiger partial charge >= 0.3 is 0 Å². The van der Waals surface area contributed by atoms with Crippen LogP contribution in [0.1, 0.15) is 24.0 Å². The Balaban J connectivity index is 1.49. The molecule has 136 valence electrons. The molecule has 0 unspecified atom stereocenters. The van der Waals surface area contributed by atoms with E-state index in [-0.39, 0.29) is 11.9 Å². The van der Waals surface area contributed by atoms with E-state index in [1.807, 2.05) is 30.6 Å². The van der Waals surface area contributed by atoms with E-state index in [9.17, 15) is 4.79 Å². The Labute approximate surface area is 153 Å². The minimum Gasteiger partial charge on any atom is -0.486 e. The Bertz CT molecular complexity index is 766. The highest BCUT2D eigenvalue weighted by Gasteiger charge is 2.23. The number of nitrogens with zero attached hydrogens (tertiary/aromatic N) is 2. The first kappa shape index (κ1) is 16.8. The number of amides is 1. The lowest BCUT2D eigenvalue weighted by atomic mass is 10.1. The Kier molecular flexibility index (Phi) is 5.02. The van der Waals surface area contributed by atoms with Crippen LogP contribution in [0.25, 0.3) is 0 Å². The quantitative estimate of drug-likeness (QED) is 0.862. The van der Waals surface area contributed by atoms with E-state index in [0.717, 1.165) is 37.6 Å². The van der Waals surface area contributed by atoms with Crippen molar-refractivity contribution in [3.05, 3.63) is 53.9 Å². The zero-order valence-electron chi connectivity index (χ0n) is 14.7. The molecular weight excluding hydrogens is 330 g/mol. The van der Waals surface area contributed by atoms with Crippen molar-refractivity contribution < 1.29 is 14.3 Å². The first-order valence-electron chi connectivity index (χ1n) is 9.05. The zero-order valence-corrected chi connectivity index (χ0v) is 14.7. The maximum atomic E-state index is 11.5. The number of fused-ring (bicyclic) bond motifs is 1. The number of aromatic nitrogens is 1. The normalized spacial score (nSPS) is 18.8. The van der Waals surface area contributed by atoms with E-state index >= 15 is 0 Å². The molecule has 1 amide bonds. The van der Waals surface area contributed by atoms with Crippen LogP contribution in [-0.4, -0.2) is 41.6 Å². The molecule has 1 fully saturated rings. The van der Waals surface area contributed by atoms with Gasteiger partial charge in [0.25, 0.3) is 0 Å². The van der Waals surface area contributed by atoms with Gasteiger partial charge in [0.05, 0.1) is 0 Å². The van der Waals surface area contributed by atoms with E-state index in [4.69, 9.17) is 9.47 Å². The third kappa shape index (κ3) is 4.14. The van der Waals surface area contributed by atoms with Gasteiger partial charge in [-0.25, -0.2) is 0 Å². The van der Waals surface area contributed by atoms with Gasteiger partial charge in [0.1, 0.15) is 13.2 Å². The third-order valence-electron chi connectivity index (χ3n) is 4.73. The van der Waals surface area contributed by atoms with Gasteiger partial charge in [0.2, 0.25) is 5.91 Å². The van der Waals surface area contributed by atoms with Crippen molar-refractivity contribution in [3.63, 3.8) is 0 Å². The fourth-order valence-electron chi connectivity index (χ4n) is 3.50. The van der Waals surface area contributed by atoms with Crippen molar-refractivity contribution in [2.24, 2.45) is 0 Å². The van der Waals surface area contributed by atoms with Crippen LogP contribution < -0.4 is 14.8 Å². The second-order valence-corrected chi connectivity index (χ2v) is 6.81. The summed E-state index contributed by atoms with van der Waals surface area (Å²) < 4.78 is 11.3. The number of rotatable bonds is 6. The summed E-state index contributed by atoms with van der Waals surface area (Å²) in [4.78, 5) is 18.0. The van der Waals surface area contributed by atoms with Crippen LogP contribution in [0.15, 0.2) is 42.7 Å². The Hall–Kier alpha value is -2.60. The average Bonchev–Trinajstić information content (AvgIpc) is 3.07. The molecule has 0 radical (unpaired) electrons. The first-order valence-corrected chi connectivity index (χ1v) is 9.05. The highest BCUT2D eigenvalue weighted by molar-refractivity contribution is 5.78. The topological polar surface area (TPSA) is 63.7 Å². The van der Waals surface area contributed by atoms with E-state index in [1.165, 1.54) is 11.1 Å². The molecule has 0 saturated carbocycles. The number of hydrogen-bond donors (Lipinski definition) is 1. The predicted molar refractivity (Wildman–Crippen MR) is 96.9 cm³/mol. The van der Waals surface area contributed by atoms with Gasteiger partial charge in [0, 0.05) is 44.5 Å². The Morgan fingerprint density at radius 1 is 1.04 bits per heavy atom. The molecule has 2 aromatic rings. The molecule has 0 aliphatic carbocycles. The van der Waals surface area contributed by atoms with Crippen LogP contribution in [-0.2, 0) is 17.9 Å². The van der Waals surface area contributed by atoms with Crippen LogP contribution in [0.2, 0.25) is 0 Å². The lowest BCUT2D eigenvalue weighted by Gasteiger charge is -2.26. The van der Waals surface area contributed by atoms with E-state index in [1.54, 1.807) is 0 Å². The third-order valence-corrected chi connectivity index (χ3v) is 4.73. The van der Waals surface area contributed by atoms with Gasteiger partial charge in [-0.3, -0.25) is 14.7 Å². The number of pyridine rings is 1. The lowest BCUT2D eigenvalue weighted by Crippen LogP contribution is -2.38. The largest absolute Gasteiger partial charge is 0.486 e. The summed E-state index contributed by atoms with van der Waals surface area (Å²) in [7, 11) is 0. The van der Waals surface area contributed by atoms with Crippen LogP contribution >= 0.6 is 0 Å². The van der Waals surface area contributed by atoms with Gasteiger partial charge in [-0.05, 0) is 41.8 Å². The molecule has 26 heavy (non-hydrogen) atoms. The van der Waals surface area contributed by atoms with Crippen molar-refractivity contribution in [3.8, 4) is 11.5 Å². The molecule has 1 saturated heterocycles. The maximum absolute atomic E-state index is 11.5.